The third kappa shape index (κ3) is 2.89. The van der Waals surface area contributed by atoms with Crippen molar-refractivity contribution in [2.24, 2.45) is 0 Å². The van der Waals surface area contributed by atoms with E-state index in [1.165, 1.54) is 4.68 Å². The van der Waals surface area contributed by atoms with Gasteiger partial charge in [0, 0.05) is 34.7 Å². The van der Waals surface area contributed by atoms with E-state index in [9.17, 15) is 4.79 Å². The van der Waals surface area contributed by atoms with Crippen molar-refractivity contribution < 1.29 is 4.74 Å². The summed E-state index contributed by atoms with van der Waals surface area (Å²) in [6.07, 6.45) is 7.63. The van der Waals surface area contributed by atoms with Crippen molar-refractivity contribution in [1.29, 1.82) is 0 Å². The van der Waals surface area contributed by atoms with E-state index in [1.807, 2.05) is 32.9 Å². The van der Waals surface area contributed by atoms with Gasteiger partial charge in [0.15, 0.2) is 0 Å². The van der Waals surface area contributed by atoms with Crippen molar-refractivity contribution in [1.82, 2.24) is 24.3 Å². The van der Waals surface area contributed by atoms with Crippen LogP contribution in [0.5, 0.6) is 5.75 Å². The van der Waals surface area contributed by atoms with Gasteiger partial charge in [-0.05, 0) is 58.2 Å². The standard InChI is InChI=1S/C23H23N5O2/c1-13-10-24-23(25-11-13)28-22(29)21-16(4)27(15(3)18(21)12-26-28)19-6-5-7-20(14(19)2)30-17-8-9-17/h5-7,10-12,17H,8-9H2,1-4H3. The van der Waals surface area contributed by atoms with Gasteiger partial charge in [0.05, 0.1) is 23.4 Å². The highest BCUT2D eigenvalue weighted by molar-refractivity contribution is 5.88. The maximum Gasteiger partial charge on any atom is 0.283 e. The summed E-state index contributed by atoms with van der Waals surface area (Å²) in [6, 6.07) is 6.07. The van der Waals surface area contributed by atoms with E-state index in [1.54, 1.807) is 18.6 Å². The second kappa shape index (κ2) is 6.79. The van der Waals surface area contributed by atoms with Crippen LogP contribution in [0.4, 0.5) is 0 Å². The Morgan fingerprint density at radius 1 is 1.00 bits per heavy atom. The van der Waals surface area contributed by atoms with Crippen LogP contribution in [0, 0.1) is 27.7 Å². The molecular weight excluding hydrogens is 378 g/mol. The Hall–Kier alpha value is -3.48. The summed E-state index contributed by atoms with van der Waals surface area (Å²) in [5, 5.41) is 5.80. The van der Waals surface area contributed by atoms with Gasteiger partial charge in [0.25, 0.3) is 11.5 Å². The lowest BCUT2D eigenvalue weighted by atomic mass is 10.1. The third-order valence-corrected chi connectivity index (χ3v) is 5.67. The molecular formula is C23H23N5O2. The molecule has 0 radical (unpaired) electrons. The second-order valence-electron chi connectivity index (χ2n) is 7.93. The summed E-state index contributed by atoms with van der Waals surface area (Å²) in [4.78, 5) is 21.8. The fourth-order valence-electron chi connectivity index (χ4n) is 3.90. The average molecular weight is 401 g/mol. The predicted octanol–water partition coefficient (Wildman–Crippen LogP) is 3.74. The number of aromatic nitrogens is 5. The molecule has 1 aliphatic rings. The van der Waals surface area contributed by atoms with Crippen molar-refractivity contribution >= 4 is 10.8 Å². The van der Waals surface area contributed by atoms with Crippen LogP contribution in [0.1, 0.15) is 35.4 Å². The maximum atomic E-state index is 13.3. The van der Waals surface area contributed by atoms with Crippen molar-refractivity contribution in [2.45, 2.75) is 46.6 Å². The summed E-state index contributed by atoms with van der Waals surface area (Å²) >= 11 is 0. The highest BCUT2D eigenvalue weighted by atomic mass is 16.5. The van der Waals surface area contributed by atoms with E-state index < -0.39 is 0 Å². The van der Waals surface area contributed by atoms with E-state index in [-0.39, 0.29) is 11.5 Å². The van der Waals surface area contributed by atoms with Crippen LogP contribution in [-0.2, 0) is 0 Å². The molecule has 5 rings (SSSR count). The third-order valence-electron chi connectivity index (χ3n) is 5.67. The molecule has 7 heteroatoms. The van der Waals surface area contributed by atoms with Crippen molar-refractivity contribution in [2.75, 3.05) is 0 Å². The molecule has 0 amide bonds. The molecule has 0 unspecified atom stereocenters. The first-order valence-electron chi connectivity index (χ1n) is 10.1. The number of nitrogens with zero attached hydrogens (tertiary/aromatic N) is 5. The molecule has 0 spiro atoms. The van der Waals surface area contributed by atoms with Gasteiger partial charge in [-0.3, -0.25) is 4.79 Å². The first-order chi connectivity index (χ1) is 14.5. The van der Waals surface area contributed by atoms with Gasteiger partial charge in [-0.1, -0.05) is 6.07 Å². The van der Waals surface area contributed by atoms with Crippen LogP contribution < -0.4 is 10.3 Å². The molecule has 0 bridgehead atoms. The Bertz CT molecular complexity index is 1330. The van der Waals surface area contributed by atoms with E-state index in [0.717, 1.165) is 52.2 Å². The van der Waals surface area contributed by atoms with Crippen LogP contribution in [0.2, 0.25) is 0 Å². The number of fused-ring (bicyclic) bond motifs is 1. The van der Waals surface area contributed by atoms with E-state index in [2.05, 4.69) is 32.6 Å². The fraction of sp³-hybridized carbons (Fsp3) is 0.304. The minimum absolute atomic E-state index is 0.223. The summed E-state index contributed by atoms with van der Waals surface area (Å²) < 4.78 is 9.45. The molecule has 0 aliphatic heterocycles. The smallest absolute Gasteiger partial charge is 0.283 e. The molecule has 4 aromatic rings. The predicted molar refractivity (Wildman–Crippen MR) is 115 cm³/mol. The molecule has 1 aromatic carbocycles. The second-order valence-corrected chi connectivity index (χ2v) is 7.93. The summed E-state index contributed by atoms with van der Waals surface area (Å²) in [6.45, 7) is 7.94. The minimum Gasteiger partial charge on any atom is -0.490 e. The Balaban J connectivity index is 1.70. The highest BCUT2D eigenvalue weighted by Gasteiger charge is 2.25. The largest absolute Gasteiger partial charge is 0.490 e. The first kappa shape index (κ1) is 18.5. The SMILES string of the molecule is Cc1cnc(-n2ncc3c(C)n(-c4cccc(OC5CC5)c4C)c(C)c3c2=O)nc1. The van der Waals surface area contributed by atoms with Gasteiger partial charge in [-0.15, -0.1) is 0 Å². The molecule has 30 heavy (non-hydrogen) atoms. The summed E-state index contributed by atoms with van der Waals surface area (Å²) in [7, 11) is 0. The first-order valence-corrected chi connectivity index (χ1v) is 10.1. The molecule has 0 N–H and O–H groups in total. The molecule has 3 aromatic heterocycles. The molecule has 1 saturated carbocycles. The number of hydrogen-bond donors (Lipinski definition) is 0. The molecule has 152 valence electrons. The Kier molecular flexibility index (Phi) is 4.20. The van der Waals surface area contributed by atoms with Gasteiger partial charge in [0.1, 0.15) is 5.75 Å². The van der Waals surface area contributed by atoms with Gasteiger partial charge in [-0.2, -0.15) is 9.78 Å². The van der Waals surface area contributed by atoms with Crippen LogP contribution in [-0.4, -0.2) is 30.4 Å². The monoisotopic (exact) mass is 401 g/mol. The average Bonchev–Trinajstić information content (AvgIpc) is 3.51. The number of ether oxygens (including phenoxy) is 1. The number of aryl methyl sites for hydroxylation is 3. The van der Waals surface area contributed by atoms with Crippen LogP contribution >= 0.6 is 0 Å². The highest BCUT2D eigenvalue weighted by Crippen LogP contribution is 2.34. The van der Waals surface area contributed by atoms with Gasteiger partial charge < -0.3 is 9.30 Å². The quantitative estimate of drug-likeness (QED) is 0.521. The molecule has 7 nitrogen and oxygen atoms in total. The van der Waals surface area contributed by atoms with Gasteiger partial charge in [-0.25, -0.2) is 9.97 Å². The van der Waals surface area contributed by atoms with Gasteiger partial charge in [0.2, 0.25) is 0 Å². The van der Waals surface area contributed by atoms with Gasteiger partial charge >= 0.3 is 0 Å². The van der Waals surface area contributed by atoms with E-state index in [4.69, 9.17) is 4.74 Å². The summed E-state index contributed by atoms with van der Waals surface area (Å²) in [5.41, 5.74) is 4.61. The Labute approximate surface area is 174 Å². The molecule has 0 saturated heterocycles. The zero-order valence-electron chi connectivity index (χ0n) is 17.5. The zero-order valence-corrected chi connectivity index (χ0v) is 17.5. The van der Waals surface area contributed by atoms with Crippen LogP contribution in [0.3, 0.4) is 0 Å². The van der Waals surface area contributed by atoms with Crippen LogP contribution in [0.15, 0.2) is 41.6 Å². The topological polar surface area (TPSA) is 74.8 Å². The lowest BCUT2D eigenvalue weighted by molar-refractivity contribution is 0.301. The molecule has 0 atom stereocenters. The minimum atomic E-state index is -0.223. The number of hydrogen-bond acceptors (Lipinski definition) is 5. The lowest BCUT2D eigenvalue weighted by Crippen LogP contribution is -2.23. The normalized spacial score (nSPS) is 13.7. The molecule has 1 fully saturated rings. The Morgan fingerprint density at radius 2 is 1.73 bits per heavy atom. The number of benzene rings is 1. The number of rotatable bonds is 4. The van der Waals surface area contributed by atoms with E-state index >= 15 is 0 Å². The van der Waals surface area contributed by atoms with Crippen molar-refractivity contribution in [3.63, 3.8) is 0 Å². The summed E-state index contributed by atoms with van der Waals surface area (Å²) in [5.74, 6) is 1.17. The van der Waals surface area contributed by atoms with E-state index in [0.29, 0.717) is 11.5 Å². The zero-order chi connectivity index (χ0) is 21.0. The Morgan fingerprint density at radius 3 is 2.43 bits per heavy atom. The molecule has 3 heterocycles. The van der Waals surface area contributed by atoms with Crippen molar-refractivity contribution in [3.05, 3.63) is 69.7 Å². The molecule has 1 aliphatic carbocycles. The van der Waals surface area contributed by atoms with Crippen LogP contribution in [0.25, 0.3) is 22.4 Å². The van der Waals surface area contributed by atoms with Crippen molar-refractivity contribution in [3.8, 4) is 17.4 Å². The maximum absolute atomic E-state index is 13.3. The lowest BCUT2D eigenvalue weighted by Gasteiger charge is -2.16. The fourth-order valence-corrected chi connectivity index (χ4v) is 3.90.